The van der Waals surface area contributed by atoms with E-state index in [9.17, 15) is 18.0 Å². The van der Waals surface area contributed by atoms with Crippen molar-refractivity contribution in [2.45, 2.75) is 48.6 Å². The predicted molar refractivity (Wildman–Crippen MR) is 121 cm³/mol. The van der Waals surface area contributed by atoms with Crippen LogP contribution in [-0.2, 0) is 38.0 Å². The van der Waals surface area contributed by atoms with Gasteiger partial charge in [0, 0.05) is 6.92 Å². The number of esters is 1. The Bertz CT molecular complexity index is 1160. The third-order valence-electron chi connectivity index (χ3n) is 4.52. The summed E-state index contributed by atoms with van der Waals surface area (Å²) in [7, 11) is -4.02. The van der Waals surface area contributed by atoms with Crippen LogP contribution in [-0.4, -0.2) is 90.6 Å². The third-order valence-corrected chi connectivity index (χ3v) is 6.33. The number of aromatic nitrogens is 4. The normalized spacial score (nSPS) is 22.6. The van der Waals surface area contributed by atoms with Crippen LogP contribution in [0.3, 0.4) is 0 Å². The van der Waals surface area contributed by atoms with E-state index in [0.717, 1.165) is 13.2 Å². The van der Waals surface area contributed by atoms with Crippen LogP contribution in [0.4, 0.5) is 4.79 Å². The van der Waals surface area contributed by atoms with Crippen molar-refractivity contribution in [1.29, 1.82) is 0 Å². The molecule has 4 atom stereocenters. The number of ether oxygens (including phenoxy) is 4. The summed E-state index contributed by atoms with van der Waals surface area (Å²) in [5.41, 5.74) is 0.385. The Hall–Kier alpha value is -2.14. The smallest absolute Gasteiger partial charge is 0.455 e. The maximum atomic E-state index is 12.0. The van der Waals surface area contributed by atoms with E-state index in [4.69, 9.17) is 23.1 Å². The largest absolute Gasteiger partial charge is 0.508 e. The summed E-state index contributed by atoms with van der Waals surface area (Å²) in [4.78, 5) is 32.5. The molecule has 1 aliphatic heterocycles. The second-order valence-corrected chi connectivity index (χ2v) is 10.1. The van der Waals surface area contributed by atoms with Gasteiger partial charge in [-0.2, -0.15) is 13.5 Å². The van der Waals surface area contributed by atoms with E-state index in [1.807, 2.05) is 12.5 Å². The van der Waals surface area contributed by atoms with Crippen LogP contribution in [0.5, 0.6) is 0 Å². The van der Waals surface area contributed by atoms with Crippen molar-refractivity contribution in [2.24, 2.45) is 0 Å². The fourth-order valence-electron chi connectivity index (χ4n) is 3.30. The number of fused-ring (bicyclic) bond motifs is 1. The van der Waals surface area contributed by atoms with Crippen molar-refractivity contribution in [1.82, 2.24) is 19.7 Å². The molecular weight excluding hydrogens is 512 g/mol. The first-order valence-corrected chi connectivity index (χ1v) is 14.2. The van der Waals surface area contributed by atoms with E-state index in [1.165, 1.54) is 34.4 Å². The topological polar surface area (TPSA) is 158 Å². The zero-order valence-corrected chi connectivity index (χ0v) is 21.4. The van der Waals surface area contributed by atoms with Crippen molar-refractivity contribution in [3.8, 4) is 0 Å². The highest BCUT2D eigenvalue weighted by molar-refractivity contribution is 7.99. The Balaban J connectivity index is 2.05. The Kier molecular flexibility index (Phi) is 8.62. The van der Waals surface area contributed by atoms with E-state index < -0.39 is 53.4 Å². The summed E-state index contributed by atoms with van der Waals surface area (Å²) < 4.78 is 51.7. The SMILES string of the molecule is CCOC(=O)OC[C@H]1O[C@H](n2ncc3c(SC)nc(SC)nc32)[C@H](OC(C)=O)[C@H]1OS(C)(=O)=O. The predicted octanol–water partition coefficient (Wildman–Crippen LogP) is 1.62. The minimum atomic E-state index is -4.02. The van der Waals surface area contributed by atoms with Crippen molar-refractivity contribution < 1.29 is 41.1 Å². The second kappa shape index (κ2) is 11.1. The molecule has 34 heavy (non-hydrogen) atoms. The van der Waals surface area contributed by atoms with Gasteiger partial charge in [-0.15, -0.1) is 11.8 Å². The molecule has 0 amide bonds. The summed E-state index contributed by atoms with van der Waals surface area (Å²) in [6.07, 6.45) is 0.236. The van der Waals surface area contributed by atoms with Crippen LogP contribution in [0, 0.1) is 0 Å². The third kappa shape index (κ3) is 6.10. The van der Waals surface area contributed by atoms with Gasteiger partial charge in [0.05, 0.1) is 24.4 Å². The van der Waals surface area contributed by atoms with E-state index in [2.05, 4.69) is 15.1 Å². The molecule has 0 unspecified atom stereocenters. The van der Waals surface area contributed by atoms with Gasteiger partial charge in [-0.1, -0.05) is 11.8 Å². The lowest BCUT2D eigenvalue weighted by atomic mass is 10.1. The van der Waals surface area contributed by atoms with Crippen molar-refractivity contribution in [2.75, 3.05) is 32.0 Å². The molecule has 0 bridgehead atoms. The first-order chi connectivity index (χ1) is 16.1. The van der Waals surface area contributed by atoms with Gasteiger partial charge in [0.2, 0.25) is 0 Å². The standard InChI is InChI=1S/C18H24N4O9S3/c1-6-27-18(24)28-8-11-12(31-34(5,25)26)13(29-9(2)23)16(30-11)22-14-10(7-19-22)15(32-3)21-17(20-14)33-4/h7,11-13,16H,6,8H2,1-5H3/t11-,12+,13-,16+/m1/s1. The summed E-state index contributed by atoms with van der Waals surface area (Å²) >= 11 is 2.73. The molecule has 2 aromatic rings. The molecule has 0 spiro atoms. The molecule has 3 rings (SSSR count). The highest BCUT2D eigenvalue weighted by Gasteiger charge is 2.51. The monoisotopic (exact) mass is 536 g/mol. The summed E-state index contributed by atoms with van der Waals surface area (Å²) in [5.74, 6) is -0.701. The van der Waals surface area contributed by atoms with E-state index in [0.29, 0.717) is 21.2 Å². The van der Waals surface area contributed by atoms with Crippen molar-refractivity contribution >= 4 is 56.8 Å². The molecular formula is C18H24N4O9S3. The number of rotatable bonds is 9. The van der Waals surface area contributed by atoms with Crippen LogP contribution >= 0.6 is 23.5 Å². The van der Waals surface area contributed by atoms with Gasteiger partial charge in [-0.25, -0.2) is 19.4 Å². The first kappa shape index (κ1) is 26.5. The fraction of sp³-hybridized carbons (Fsp3) is 0.611. The molecule has 0 radical (unpaired) electrons. The molecule has 13 nitrogen and oxygen atoms in total. The van der Waals surface area contributed by atoms with E-state index in [-0.39, 0.29) is 6.61 Å². The maximum Gasteiger partial charge on any atom is 0.508 e. The average molecular weight is 537 g/mol. The summed E-state index contributed by atoms with van der Waals surface area (Å²) in [6.45, 7) is 2.43. The molecule has 1 aliphatic rings. The summed E-state index contributed by atoms with van der Waals surface area (Å²) in [6, 6.07) is 0. The van der Waals surface area contributed by atoms with Crippen LogP contribution in [0.25, 0.3) is 11.0 Å². The van der Waals surface area contributed by atoms with Gasteiger partial charge in [0.25, 0.3) is 10.1 Å². The quantitative estimate of drug-likeness (QED) is 0.150. The molecule has 188 valence electrons. The number of hydrogen-bond donors (Lipinski definition) is 0. The van der Waals surface area contributed by atoms with Gasteiger partial charge in [0.1, 0.15) is 23.8 Å². The highest BCUT2D eigenvalue weighted by Crippen LogP contribution is 2.37. The van der Waals surface area contributed by atoms with Gasteiger partial charge in [-0.05, 0) is 19.4 Å². The van der Waals surface area contributed by atoms with Crippen molar-refractivity contribution in [3.63, 3.8) is 0 Å². The molecule has 3 heterocycles. The zero-order valence-electron chi connectivity index (χ0n) is 19.0. The van der Waals surface area contributed by atoms with Crippen LogP contribution in [0.2, 0.25) is 0 Å². The van der Waals surface area contributed by atoms with Crippen molar-refractivity contribution in [3.05, 3.63) is 6.20 Å². The molecule has 0 N–H and O–H groups in total. The van der Waals surface area contributed by atoms with E-state index >= 15 is 0 Å². The van der Waals surface area contributed by atoms with Gasteiger partial charge >= 0.3 is 12.1 Å². The fourth-order valence-corrected chi connectivity index (χ4v) is 4.89. The number of hydrogen-bond acceptors (Lipinski definition) is 14. The van der Waals surface area contributed by atoms with Gasteiger partial charge < -0.3 is 18.9 Å². The second-order valence-electron chi connectivity index (χ2n) is 6.94. The lowest BCUT2D eigenvalue weighted by molar-refractivity contribution is -0.155. The zero-order chi connectivity index (χ0) is 25.0. The Morgan fingerprint density at radius 2 is 1.91 bits per heavy atom. The Morgan fingerprint density at radius 1 is 1.18 bits per heavy atom. The summed E-state index contributed by atoms with van der Waals surface area (Å²) in [5, 5.41) is 6.13. The highest BCUT2D eigenvalue weighted by atomic mass is 32.2. The van der Waals surface area contributed by atoms with Gasteiger partial charge in [-0.3, -0.25) is 8.98 Å². The van der Waals surface area contributed by atoms with Crippen LogP contribution in [0.1, 0.15) is 20.1 Å². The maximum absolute atomic E-state index is 12.0. The Morgan fingerprint density at radius 3 is 2.50 bits per heavy atom. The molecule has 16 heteroatoms. The number of carbonyl (C=O) groups excluding carboxylic acids is 2. The van der Waals surface area contributed by atoms with Crippen LogP contribution < -0.4 is 0 Å². The molecule has 0 saturated carbocycles. The lowest BCUT2D eigenvalue weighted by Gasteiger charge is -2.23. The molecule has 0 aliphatic carbocycles. The molecule has 2 aromatic heterocycles. The number of thioether (sulfide) groups is 2. The lowest BCUT2D eigenvalue weighted by Crippen LogP contribution is -2.41. The first-order valence-electron chi connectivity index (χ1n) is 9.91. The molecule has 1 saturated heterocycles. The minimum Gasteiger partial charge on any atom is -0.455 e. The molecule has 0 aromatic carbocycles. The minimum absolute atomic E-state index is 0.0842. The number of nitrogens with zero attached hydrogens (tertiary/aromatic N) is 4. The van der Waals surface area contributed by atoms with Gasteiger partial charge in [0.15, 0.2) is 23.1 Å². The number of carbonyl (C=O) groups is 2. The van der Waals surface area contributed by atoms with E-state index in [1.54, 1.807) is 6.92 Å². The Labute approximate surface area is 204 Å². The molecule has 1 fully saturated rings. The average Bonchev–Trinajstić information content (AvgIpc) is 3.32. The van der Waals surface area contributed by atoms with Crippen LogP contribution in [0.15, 0.2) is 16.4 Å².